The van der Waals surface area contributed by atoms with Crippen molar-refractivity contribution in [3.8, 4) is 5.75 Å². The molecule has 0 radical (unpaired) electrons. The number of rotatable bonds is 12. The second-order valence-electron chi connectivity index (χ2n) is 9.24. The van der Waals surface area contributed by atoms with E-state index in [0.717, 1.165) is 56.3 Å². The lowest BCUT2D eigenvalue weighted by Gasteiger charge is -2.35. The number of aliphatic imine (C=N–C) groups is 1. The fraction of sp³-hybridized carbons (Fsp3) is 0.333. The van der Waals surface area contributed by atoms with Crippen LogP contribution in [-0.2, 0) is 4.79 Å². The van der Waals surface area contributed by atoms with E-state index >= 15 is 0 Å². The first-order chi connectivity index (χ1) is 18.8. The number of nitrogens with one attached hydrogen (secondary N) is 2. The number of amides is 1. The Morgan fingerprint density at radius 3 is 2.49 bits per heavy atom. The van der Waals surface area contributed by atoms with Gasteiger partial charge in [-0.2, -0.15) is 0 Å². The van der Waals surface area contributed by atoms with Crippen molar-refractivity contribution in [3.05, 3.63) is 85.6 Å². The normalized spacial score (nSPS) is 15.4. The second kappa shape index (κ2) is 14.8. The summed E-state index contributed by atoms with van der Waals surface area (Å²) in [5, 5.41) is 5.93. The quantitative estimate of drug-likeness (QED) is 0.112. The molecule has 2 aromatic rings. The summed E-state index contributed by atoms with van der Waals surface area (Å²) in [5.41, 5.74) is 2.44. The molecule has 0 spiro atoms. The van der Waals surface area contributed by atoms with Crippen LogP contribution in [-0.4, -0.2) is 56.0 Å². The van der Waals surface area contributed by atoms with Crippen LogP contribution in [0.3, 0.4) is 0 Å². The van der Waals surface area contributed by atoms with E-state index in [1.165, 1.54) is 0 Å². The smallest absolute Gasteiger partial charge is 0.247 e. The van der Waals surface area contributed by atoms with Gasteiger partial charge in [0.1, 0.15) is 18.3 Å². The Morgan fingerprint density at radius 2 is 1.85 bits per heavy atom. The van der Waals surface area contributed by atoms with Gasteiger partial charge in [-0.25, -0.2) is 13.8 Å². The van der Waals surface area contributed by atoms with Crippen molar-refractivity contribution in [2.45, 2.75) is 20.3 Å². The van der Waals surface area contributed by atoms with Gasteiger partial charge in [-0.15, -0.1) is 0 Å². The molecule has 7 nitrogen and oxygen atoms in total. The second-order valence-corrected chi connectivity index (χ2v) is 9.24. The minimum absolute atomic E-state index is 0.0524. The van der Waals surface area contributed by atoms with Crippen molar-refractivity contribution in [1.29, 1.82) is 0 Å². The lowest BCUT2D eigenvalue weighted by Crippen LogP contribution is -2.47. The maximum atomic E-state index is 14.8. The van der Waals surface area contributed by atoms with Gasteiger partial charge >= 0.3 is 0 Å². The molecule has 0 aliphatic carbocycles. The van der Waals surface area contributed by atoms with Crippen molar-refractivity contribution >= 4 is 28.8 Å². The third-order valence-corrected chi connectivity index (χ3v) is 6.47. The maximum absolute atomic E-state index is 14.8. The molecule has 1 unspecified atom stereocenters. The molecule has 1 saturated heterocycles. The van der Waals surface area contributed by atoms with E-state index in [4.69, 9.17) is 4.74 Å². The van der Waals surface area contributed by atoms with Crippen LogP contribution in [0.25, 0.3) is 0 Å². The summed E-state index contributed by atoms with van der Waals surface area (Å²) < 4.78 is 33.0. The summed E-state index contributed by atoms with van der Waals surface area (Å²) >= 11 is 0. The molecule has 9 heteroatoms. The topological polar surface area (TPSA) is 69.2 Å². The highest BCUT2D eigenvalue weighted by atomic mass is 19.1. The number of anilines is 3. The highest BCUT2D eigenvalue weighted by Gasteiger charge is 2.17. The minimum Gasteiger partial charge on any atom is -0.455 e. The highest BCUT2D eigenvalue weighted by molar-refractivity contribution is 5.99. The van der Waals surface area contributed by atoms with Gasteiger partial charge in [0.2, 0.25) is 5.91 Å². The molecule has 1 aliphatic rings. The Bertz CT molecular complexity index is 1190. The first-order valence-electron chi connectivity index (χ1n) is 13.1. The van der Waals surface area contributed by atoms with Crippen molar-refractivity contribution in [3.63, 3.8) is 0 Å². The number of alkyl halides is 1. The number of halogens is 2. The highest BCUT2D eigenvalue weighted by Crippen LogP contribution is 2.23. The standard InChI is InChI=1S/C30H37F2N5O2/c1-5-22(3)30(35-24-10-12-26(13-11-24)37-18-16-36(15-14-31)17-19-37)33-21-28(32)23(4)39-27-9-7-8-25(20-27)34-29(38)6-2/h6-13,20-22H,2,4-5,14-19H2,1,3H3,(H,33,35)(H,34,38)/b28-21+. The number of carbonyl (C=O) groups is 1. The predicted octanol–water partition coefficient (Wildman–Crippen LogP) is 6.16. The summed E-state index contributed by atoms with van der Waals surface area (Å²) in [6, 6.07) is 14.6. The third-order valence-electron chi connectivity index (χ3n) is 6.47. The summed E-state index contributed by atoms with van der Waals surface area (Å²) in [4.78, 5) is 20.3. The van der Waals surface area contributed by atoms with Gasteiger partial charge in [-0.1, -0.05) is 33.1 Å². The number of allylic oxidation sites excluding steroid dienone is 1. The zero-order valence-corrected chi connectivity index (χ0v) is 22.6. The van der Waals surface area contributed by atoms with E-state index in [-0.39, 0.29) is 24.3 Å². The Hall–Kier alpha value is -3.98. The fourth-order valence-corrected chi connectivity index (χ4v) is 3.95. The van der Waals surface area contributed by atoms with Crippen LogP contribution in [0, 0.1) is 5.92 Å². The molecule has 0 saturated carbocycles. The van der Waals surface area contributed by atoms with Crippen LogP contribution in [0.2, 0.25) is 0 Å². The molecule has 0 bridgehead atoms. The molecule has 39 heavy (non-hydrogen) atoms. The van der Waals surface area contributed by atoms with Crippen LogP contribution in [0.5, 0.6) is 5.75 Å². The lowest BCUT2D eigenvalue weighted by atomic mass is 10.1. The van der Waals surface area contributed by atoms with Crippen molar-refractivity contribution in [2.75, 3.05) is 54.9 Å². The molecule has 1 aliphatic heterocycles. The van der Waals surface area contributed by atoms with Gasteiger partial charge in [-0.3, -0.25) is 9.69 Å². The van der Waals surface area contributed by atoms with Gasteiger partial charge in [-0.05, 0) is 48.9 Å². The Labute approximate surface area is 229 Å². The maximum Gasteiger partial charge on any atom is 0.247 e. The summed E-state index contributed by atoms with van der Waals surface area (Å²) in [5.74, 6) is -0.303. The number of nitrogens with zero attached hydrogens (tertiary/aromatic N) is 3. The van der Waals surface area contributed by atoms with E-state index in [0.29, 0.717) is 23.8 Å². The van der Waals surface area contributed by atoms with E-state index < -0.39 is 5.83 Å². The van der Waals surface area contributed by atoms with Crippen molar-refractivity contribution in [1.82, 2.24) is 4.90 Å². The number of hydrogen-bond donors (Lipinski definition) is 2. The van der Waals surface area contributed by atoms with Crippen LogP contribution in [0.4, 0.5) is 25.8 Å². The van der Waals surface area contributed by atoms with Crippen LogP contribution < -0.4 is 20.3 Å². The van der Waals surface area contributed by atoms with Gasteiger partial charge in [0.25, 0.3) is 0 Å². The lowest BCUT2D eigenvalue weighted by molar-refractivity contribution is -0.111. The molecule has 2 aromatic carbocycles. The third kappa shape index (κ3) is 9.07. The zero-order chi connectivity index (χ0) is 28.2. The molecule has 1 atom stereocenters. The summed E-state index contributed by atoms with van der Waals surface area (Å²) in [7, 11) is 0. The van der Waals surface area contributed by atoms with Crippen molar-refractivity contribution in [2.24, 2.45) is 10.9 Å². The average Bonchev–Trinajstić information content (AvgIpc) is 2.95. The molecular weight excluding hydrogens is 500 g/mol. The number of carbonyl (C=O) groups excluding carboxylic acids is 1. The first-order valence-corrected chi connectivity index (χ1v) is 13.1. The molecule has 1 heterocycles. The Kier molecular flexibility index (Phi) is 11.2. The Morgan fingerprint density at radius 1 is 1.13 bits per heavy atom. The SMILES string of the molecule is C=CC(=O)Nc1cccc(OC(=C)/C(F)=C\N=C(Nc2ccc(N3CCN(CCF)CC3)cc2)C(C)CC)c1. The largest absolute Gasteiger partial charge is 0.455 e. The van der Waals surface area contributed by atoms with Gasteiger partial charge < -0.3 is 20.3 Å². The average molecular weight is 538 g/mol. The Balaban J connectivity index is 1.64. The monoisotopic (exact) mass is 537 g/mol. The van der Waals surface area contributed by atoms with Crippen LogP contribution in [0.1, 0.15) is 20.3 Å². The molecule has 3 rings (SSSR count). The fourth-order valence-electron chi connectivity index (χ4n) is 3.95. The molecule has 1 fully saturated rings. The van der Waals surface area contributed by atoms with Gasteiger partial charge in [0.15, 0.2) is 11.6 Å². The van der Waals surface area contributed by atoms with E-state index in [9.17, 15) is 13.6 Å². The van der Waals surface area contributed by atoms with E-state index in [1.807, 2.05) is 38.1 Å². The minimum atomic E-state index is -0.722. The molecule has 2 N–H and O–H groups in total. The van der Waals surface area contributed by atoms with E-state index in [2.05, 4.69) is 38.6 Å². The number of piperazine rings is 1. The first kappa shape index (κ1) is 29.6. The van der Waals surface area contributed by atoms with Crippen LogP contribution in [0.15, 0.2) is 90.5 Å². The summed E-state index contributed by atoms with van der Waals surface area (Å²) in [6.07, 6.45) is 3.05. The zero-order valence-electron chi connectivity index (χ0n) is 22.6. The number of benzene rings is 2. The van der Waals surface area contributed by atoms with Crippen LogP contribution >= 0.6 is 0 Å². The van der Waals surface area contributed by atoms with Gasteiger partial charge in [0, 0.05) is 61.8 Å². The predicted molar refractivity (Wildman–Crippen MR) is 156 cm³/mol. The number of hydrogen-bond acceptors (Lipinski definition) is 5. The molecular formula is C30H37F2N5O2. The number of amidine groups is 1. The molecule has 208 valence electrons. The summed E-state index contributed by atoms with van der Waals surface area (Å²) in [6.45, 7) is 14.7. The van der Waals surface area contributed by atoms with Crippen molar-refractivity contribution < 1.29 is 18.3 Å². The van der Waals surface area contributed by atoms with Gasteiger partial charge in [0.05, 0.1) is 6.20 Å². The molecule has 0 aromatic heterocycles. The molecule has 1 amide bonds. The number of ether oxygens (including phenoxy) is 1. The van der Waals surface area contributed by atoms with E-state index in [1.54, 1.807) is 24.3 Å².